The standard InChI is InChI=1S/C6H12O5S.C5H10O3.2CH4/c1-12(8,9)11-3-2-6(7)4-10-5-6;6-2-1-5(7)3-8-4-5;;/h7H,2-5H2,1H3;6-7H,1-4H2;2*1H4. The molecule has 136 valence electrons. The molecule has 0 saturated carbocycles. The first kappa shape index (κ1) is 24.0. The Morgan fingerprint density at radius 2 is 1.41 bits per heavy atom. The van der Waals surface area contributed by atoms with E-state index < -0.39 is 21.3 Å². The summed E-state index contributed by atoms with van der Waals surface area (Å²) >= 11 is 0. The summed E-state index contributed by atoms with van der Waals surface area (Å²) in [5.41, 5.74) is -1.57. The zero-order valence-electron chi connectivity index (χ0n) is 11.4. The fraction of sp³-hybridized carbons (Fsp3) is 1.00. The van der Waals surface area contributed by atoms with E-state index in [-0.39, 0.29) is 41.3 Å². The lowest BCUT2D eigenvalue weighted by Crippen LogP contribution is -2.50. The summed E-state index contributed by atoms with van der Waals surface area (Å²) in [6.07, 6.45) is 1.71. The highest BCUT2D eigenvalue weighted by Gasteiger charge is 2.36. The van der Waals surface area contributed by atoms with Crippen molar-refractivity contribution >= 4 is 10.1 Å². The second kappa shape index (κ2) is 9.76. The Bertz CT molecular complexity index is 387. The summed E-state index contributed by atoms with van der Waals surface area (Å²) in [7, 11) is -3.38. The third-order valence-electron chi connectivity index (χ3n) is 2.92. The lowest BCUT2D eigenvalue weighted by molar-refractivity contribution is -0.184. The lowest BCUT2D eigenvalue weighted by Gasteiger charge is -2.35. The van der Waals surface area contributed by atoms with E-state index in [4.69, 9.17) is 19.7 Å². The maximum absolute atomic E-state index is 10.5. The number of aliphatic hydroxyl groups is 3. The van der Waals surface area contributed by atoms with Crippen molar-refractivity contribution < 1.29 is 37.4 Å². The summed E-state index contributed by atoms with van der Waals surface area (Å²) < 4.78 is 34.9. The zero-order chi connectivity index (χ0) is 15.3. The lowest BCUT2D eigenvalue weighted by atomic mass is 9.99. The normalized spacial score (nSPS) is 20.9. The van der Waals surface area contributed by atoms with Crippen molar-refractivity contribution in [2.75, 3.05) is 45.9 Å². The molecule has 0 spiro atoms. The van der Waals surface area contributed by atoms with Crippen molar-refractivity contribution in [2.45, 2.75) is 38.9 Å². The Balaban J connectivity index is 0. The molecule has 2 fully saturated rings. The molecule has 0 radical (unpaired) electrons. The highest BCUT2D eigenvalue weighted by atomic mass is 32.2. The largest absolute Gasteiger partial charge is 0.396 e. The topological polar surface area (TPSA) is 123 Å². The van der Waals surface area contributed by atoms with E-state index in [0.29, 0.717) is 26.1 Å². The summed E-state index contributed by atoms with van der Waals surface area (Å²) in [5.74, 6) is 0. The van der Waals surface area contributed by atoms with Crippen LogP contribution in [0.5, 0.6) is 0 Å². The average molecular weight is 346 g/mol. The van der Waals surface area contributed by atoms with Crippen LogP contribution in [0.3, 0.4) is 0 Å². The second-order valence-electron chi connectivity index (χ2n) is 5.18. The van der Waals surface area contributed by atoms with Crippen LogP contribution < -0.4 is 0 Å². The summed E-state index contributed by atoms with van der Waals surface area (Å²) in [6, 6.07) is 0. The molecule has 2 aliphatic rings. The molecule has 22 heavy (non-hydrogen) atoms. The molecule has 0 aromatic carbocycles. The van der Waals surface area contributed by atoms with Gasteiger partial charge in [0.15, 0.2) is 0 Å². The van der Waals surface area contributed by atoms with Gasteiger partial charge in [-0.25, -0.2) is 0 Å². The molecule has 0 unspecified atom stereocenters. The molecule has 9 heteroatoms. The van der Waals surface area contributed by atoms with Crippen molar-refractivity contribution in [3.8, 4) is 0 Å². The Hall–Kier alpha value is -0.290. The number of aliphatic hydroxyl groups excluding tert-OH is 1. The number of ether oxygens (including phenoxy) is 2. The molecule has 2 saturated heterocycles. The average Bonchev–Trinajstić information content (AvgIpc) is 2.24. The summed E-state index contributed by atoms with van der Waals surface area (Å²) in [5, 5.41) is 26.9. The molecular formula is C13H30O8S. The van der Waals surface area contributed by atoms with Crippen LogP contribution in [0, 0.1) is 0 Å². The van der Waals surface area contributed by atoms with Crippen LogP contribution in [-0.4, -0.2) is 80.8 Å². The summed E-state index contributed by atoms with van der Waals surface area (Å²) in [4.78, 5) is 0. The van der Waals surface area contributed by atoms with Gasteiger partial charge in [0.2, 0.25) is 0 Å². The summed E-state index contributed by atoms with van der Waals surface area (Å²) in [6.45, 7) is 1.35. The number of hydrogen-bond acceptors (Lipinski definition) is 8. The Kier molecular flexibility index (Phi) is 10.6. The van der Waals surface area contributed by atoms with Gasteiger partial charge in [-0.05, 0) is 0 Å². The third kappa shape index (κ3) is 8.99. The minimum atomic E-state index is -3.38. The van der Waals surface area contributed by atoms with E-state index >= 15 is 0 Å². The molecule has 0 aromatic rings. The Labute approximate surface area is 133 Å². The maximum atomic E-state index is 10.5. The predicted molar refractivity (Wildman–Crippen MR) is 82.1 cm³/mol. The van der Waals surface area contributed by atoms with Gasteiger partial charge in [-0.15, -0.1) is 0 Å². The number of rotatable bonds is 6. The van der Waals surface area contributed by atoms with Gasteiger partial charge in [0, 0.05) is 19.4 Å². The van der Waals surface area contributed by atoms with Crippen molar-refractivity contribution in [2.24, 2.45) is 0 Å². The Morgan fingerprint density at radius 3 is 1.64 bits per heavy atom. The van der Waals surface area contributed by atoms with Crippen LogP contribution in [0.25, 0.3) is 0 Å². The highest BCUT2D eigenvalue weighted by Crippen LogP contribution is 2.20. The van der Waals surface area contributed by atoms with E-state index in [2.05, 4.69) is 4.18 Å². The van der Waals surface area contributed by atoms with Gasteiger partial charge < -0.3 is 24.8 Å². The van der Waals surface area contributed by atoms with Crippen LogP contribution in [0.4, 0.5) is 0 Å². The molecule has 0 bridgehead atoms. The molecule has 0 amide bonds. The molecule has 0 aromatic heterocycles. The quantitative estimate of drug-likeness (QED) is 0.551. The minimum Gasteiger partial charge on any atom is -0.396 e. The fourth-order valence-electron chi connectivity index (χ4n) is 1.56. The van der Waals surface area contributed by atoms with Crippen molar-refractivity contribution in [3.05, 3.63) is 0 Å². The van der Waals surface area contributed by atoms with Crippen LogP contribution in [0.15, 0.2) is 0 Å². The van der Waals surface area contributed by atoms with Gasteiger partial charge >= 0.3 is 0 Å². The smallest absolute Gasteiger partial charge is 0.264 e. The first-order valence-corrected chi connectivity index (χ1v) is 8.05. The van der Waals surface area contributed by atoms with E-state index in [1.807, 2.05) is 0 Å². The molecule has 0 atom stereocenters. The van der Waals surface area contributed by atoms with Crippen molar-refractivity contribution in [1.29, 1.82) is 0 Å². The molecule has 2 rings (SSSR count). The third-order valence-corrected chi connectivity index (χ3v) is 3.52. The van der Waals surface area contributed by atoms with E-state index in [9.17, 15) is 13.5 Å². The molecule has 8 nitrogen and oxygen atoms in total. The Morgan fingerprint density at radius 1 is 1.00 bits per heavy atom. The van der Waals surface area contributed by atoms with Crippen molar-refractivity contribution in [3.63, 3.8) is 0 Å². The SMILES string of the molecule is C.C.CS(=O)(=O)OCCC1(O)COC1.OCCC1(O)COC1. The van der Waals surface area contributed by atoms with Gasteiger partial charge in [0.25, 0.3) is 10.1 Å². The van der Waals surface area contributed by atoms with Gasteiger partial charge in [0.1, 0.15) is 11.2 Å². The maximum Gasteiger partial charge on any atom is 0.264 e. The van der Waals surface area contributed by atoms with Crippen LogP contribution in [-0.2, 0) is 23.8 Å². The number of hydrogen-bond donors (Lipinski definition) is 3. The predicted octanol–water partition coefficient (Wildman–Crippen LogP) is -0.484. The minimum absolute atomic E-state index is 0. The first-order chi connectivity index (χ1) is 9.18. The van der Waals surface area contributed by atoms with Gasteiger partial charge in [-0.1, -0.05) is 14.9 Å². The fourth-order valence-corrected chi connectivity index (χ4v) is 1.94. The van der Waals surface area contributed by atoms with Gasteiger partial charge in [0.05, 0.1) is 39.3 Å². The van der Waals surface area contributed by atoms with E-state index in [1.165, 1.54) is 0 Å². The van der Waals surface area contributed by atoms with Crippen LogP contribution in [0.1, 0.15) is 27.7 Å². The van der Waals surface area contributed by atoms with E-state index in [1.54, 1.807) is 0 Å². The molecule has 2 aliphatic heterocycles. The first-order valence-electron chi connectivity index (χ1n) is 6.24. The molecular weight excluding hydrogens is 316 g/mol. The van der Waals surface area contributed by atoms with Gasteiger partial charge in [-0.2, -0.15) is 8.42 Å². The van der Waals surface area contributed by atoms with E-state index in [0.717, 1.165) is 6.26 Å². The molecule has 3 N–H and O–H groups in total. The van der Waals surface area contributed by atoms with Crippen LogP contribution >= 0.6 is 0 Å². The van der Waals surface area contributed by atoms with Crippen molar-refractivity contribution in [1.82, 2.24) is 0 Å². The molecule has 2 heterocycles. The monoisotopic (exact) mass is 346 g/mol. The molecule has 0 aliphatic carbocycles. The highest BCUT2D eigenvalue weighted by molar-refractivity contribution is 7.85. The zero-order valence-corrected chi connectivity index (χ0v) is 12.3. The second-order valence-corrected chi connectivity index (χ2v) is 6.83. The van der Waals surface area contributed by atoms with Gasteiger partial charge in [-0.3, -0.25) is 4.18 Å². The van der Waals surface area contributed by atoms with Crippen LogP contribution in [0.2, 0.25) is 0 Å².